The zero-order chi connectivity index (χ0) is 12.7. The molecule has 100 valence electrons. The summed E-state index contributed by atoms with van der Waals surface area (Å²) in [6.07, 6.45) is 4.22. The quantitative estimate of drug-likeness (QED) is 0.490. The van der Waals surface area contributed by atoms with Crippen LogP contribution in [0.4, 0.5) is 5.69 Å². The van der Waals surface area contributed by atoms with Crippen LogP contribution in [0.25, 0.3) is 0 Å². The van der Waals surface area contributed by atoms with E-state index < -0.39 is 0 Å². The van der Waals surface area contributed by atoms with Crippen LogP contribution in [0.2, 0.25) is 0 Å². The zero-order valence-corrected chi connectivity index (χ0v) is 11.6. The number of carbonyl (C=O) groups is 1. The van der Waals surface area contributed by atoms with Crippen LogP contribution in [-0.2, 0) is 11.2 Å². The van der Waals surface area contributed by atoms with E-state index in [1.165, 1.54) is 0 Å². The number of anilines is 1. The Morgan fingerprint density at radius 3 is 2.56 bits per heavy atom. The van der Waals surface area contributed by atoms with E-state index in [0.717, 1.165) is 30.6 Å². The third-order valence-corrected chi connectivity index (χ3v) is 2.66. The molecule has 0 atom stereocenters. The number of nitrogens with zero attached hydrogens (tertiary/aromatic N) is 1. The predicted molar refractivity (Wildman–Crippen MR) is 78.9 cm³/mol. The molecule has 0 saturated carbocycles. The van der Waals surface area contributed by atoms with Gasteiger partial charge in [-0.15, -0.1) is 19.0 Å². The van der Waals surface area contributed by atoms with Crippen LogP contribution in [0.1, 0.15) is 18.4 Å². The smallest absolute Gasteiger partial charge is 0.226 e. The van der Waals surface area contributed by atoms with Gasteiger partial charge in [0.2, 0.25) is 5.91 Å². The third kappa shape index (κ3) is 5.73. The molecule has 0 unspecified atom stereocenters. The first-order valence-electron chi connectivity index (χ1n) is 5.82. The van der Waals surface area contributed by atoms with Crippen LogP contribution in [0.3, 0.4) is 0 Å². The molecule has 0 spiro atoms. The molecular formula is C14H21ClN2O. The van der Waals surface area contributed by atoms with Crippen LogP contribution in [-0.4, -0.2) is 24.4 Å². The lowest BCUT2D eigenvalue weighted by Crippen LogP contribution is -2.29. The standard InChI is InChI=1S/C14H20N2O.ClH/c1-3-4-5-10-16(2)14(17)11-12-6-8-13(15)9-7-12;/h3,6-9H,1,4-5,10-11,15H2,2H3;1H. The number of nitrogen functional groups attached to an aromatic ring is 1. The average Bonchev–Trinajstić information content (AvgIpc) is 2.32. The van der Waals surface area contributed by atoms with Gasteiger partial charge in [-0.3, -0.25) is 4.79 Å². The SMILES string of the molecule is C=CCCCN(C)C(=O)Cc1ccc(N)cc1.Cl. The predicted octanol–water partition coefficient (Wildman–Crippen LogP) is 2.66. The molecule has 18 heavy (non-hydrogen) atoms. The Balaban J connectivity index is 0.00000289. The second-order valence-electron chi connectivity index (χ2n) is 4.16. The number of allylic oxidation sites excluding steroid dienone is 1. The van der Waals surface area contributed by atoms with Gasteiger partial charge in [0.15, 0.2) is 0 Å². The number of hydrogen-bond donors (Lipinski definition) is 1. The second-order valence-corrected chi connectivity index (χ2v) is 4.16. The van der Waals surface area contributed by atoms with Crippen LogP contribution in [0.5, 0.6) is 0 Å². The Morgan fingerprint density at radius 2 is 2.00 bits per heavy atom. The summed E-state index contributed by atoms with van der Waals surface area (Å²) in [4.78, 5) is 13.6. The van der Waals surface area contributed by atoms with E-state index in [1.54, 1.807) is 4.90 Å². The molecule has 2 N–H and O–H groups in total. The van der Waals surface area contributed by atoms with Crippen molar-refractivity contribution in [3.8, 4) is 0 Å². The summed E-state index contributed by atoms with van der Waals surface area (Å²) in [5.41, 5.74) is 7.32. The minimum Gasteiger partial charge on any atom is -0.399 e. The topological polar surface area (TPSA) is 46.3 Å². The molecule has 0 aliphatic heterocycles. The van der Waals surface area contributed by atoms with Gasteiger partial charge in [0, 0.05) is 19.3 Å². The minimum atomic E-state index is 0. The van der Waals surface area contributed by atoms with Crippen molar-refractivity contribution >= 4 is 24.0 Å². The van der Waals surface area contributed by atoms with Gasteiger partial charge in [-0.2, -0.15) is 0 Å². The summed E-state index contributed by atoms with van der Waals surface area (Å²) in [6, 6.07) is 7.43. The van der Waals surface area contributed by atoms with Crippen molar-refractivity contribution in [2.24, 2.45) is 0 Å². The van der Waals surface area contributed by atoms with Gasteiger partial charge in [-0.05, 0) is 30.5 Å². The van der Waals surface area contributed by atoms with Crippen LogP contribution >= 0.6 is 12.4 Å². The molecule has 0 saturated heterocycles. The fraction of sp³-hybridized carbons (Fsp3) is 0.357. The number of rotatable bonds is 6. The summed E-state index contributed by atoms with van der Waals surface area (Å²) in [6.45, 7) is 4.44. The molecule has 0 aromatic heterocycles. The Hall–Kier alpha value is -1.48. The van der Waals surface area contributed by atoms with Gasteiger partial charge >= 0.3 is 0 Å². The van der Waals surface area contributed by atoms with Gasteiger partial charge in [-0.25, -0.2) is 0 Å². The Labute approximate surface area is 115 Å². The van der Waals surface area contributed by atoms with Gasteiger partial charge in [0.1, 0.15) is 0 Å². The molecule has 1 aromatic carbocycles. The summed E-state index contributed by atoms with van der Waals surface area (Å²) in [7, 11) is 1.84. The van der Waals surface area contributed by atoms with E-state index in [2.05, 4.69) is 6.58 Å². The first kappa shape index (κ1) is 16.5. The number of benzene rings is 1. The highest BCUT2D eigenvalue weighted by Gasteiger charge is 2.08. The Kier molecular flexibility index (Phi) is 7.88. The molecule has 1 rings (SSSR count). The lowest BCUT2D eigenvalue weighted by atomic mass is 10.1. The average molecular weight is 269 g/mol. The molecule has 4 heteroatoms. The maximum atomic E-state index is 11.9. The van der Waals surface area contributed by atoms with Crippen molar-refractivity contribution in [1.82, 2.24) is 4.90 Å². The van der Waals surface area contributed by atoms with E-state index >= 15 is 0 Å². The number of likely N-dealkylation sites (N-methyl/N-ethyl adjacent to an activating group) is 1. The molecule has 1 amide bonds. The minimum absolute atomic E-state index is 0. The highest BCUT2D eigenvalue weighted by Crippen LogP contribution is 2.07. The summed E-state index contributed by atoms with van der Waals surface area (Å²) in [5.74, 6) is 0.138. The number of halogens is 1. The van der Waals surface area contributed by atoms with Crippen molar-refractivity contribution in [1.29, 1.82) is 0 Å². The van der Waals surface area contributed by atoms with Crippen molar-refractivity contribution in [3.05, 3.63) is 42.5 Å². The van der Waals surface area contributed by atoms with Crippen LogP contribution in [0, 0.1) is 0 Å². The van der Waals surface area contributed by atoms with Gasteiger partial charge in [-0.1, -0.05) is 18.2 Å². The molecule has 0 radical (unpaired) electrons. The second kappa shape index (κ2) is 8.59. The van der Waals surface area contributed by atoms with Crippen LogP contribution < -0.4 is 5.73 Å². The molecule has 0 bridgehead atoms. The molecule has 0 fully saturated rings. The van der Waals surface area contributed by atoms with Gasteiger partial charge in [0.05, 0.1) is 6.42 Å². The van der Waals surface area contributed by atoms with E-state index in [-0.39, 0.29) is 18.3 Å². The monoisotopic (exact) mass is 268 g/mol. The largest absolute Gasteiger partial charge is 0.399 e. The highest BCUT2D eigenvalue weighted by atomic mass is 35.5. The lowest BCUT2D eigenvalue weighted by Gasteiger charge is -2.16. The molecule has 1 aromatic rings. The number of nitrogens with two attached hydrogens (primary N) is 1. The molecule has 0 aliphatic carbocycles. The zero-order valence-electron chi connectivity index (χ0n) is 10.8. The lowest BCUT2D eigenvalue weighted by molar-refractivity contribution is -0.129. The number of carbonyl (C=O) groups excluding carboxylic acids is 1. The normalized spacial score (nSPS) is 9.39. The third-order valence-electron chi connectivity index (χ3n) is 2.66. The molecular weight excluding hydrogens is 248 g/mol. The fourth-order valence-electron chi connectivity index (χ4n) is 1.54. The maximum absolute atomic E-state index is 11.9. The number of hydrogen-bond acceptors (Lipinski definition) is 2. The summed E-state index contributed by atoms with van der Waals surface area (Å²) < 4.78 is 0. The number of amides is 1. The first-order chi connectivity index (χ1) is 8.13. The van der Waals surface area contributed by atoms with E-state index in [1.807, 2.05) is 37.4 Å². The van der Waals surface area contributed by atoms with E-state index in [9.17, 15) is 4.79 Å². The van der Waals surface area contributed by atoms with Crippen molar-refractivity contribution in [3.63, 3.8) is 0 Å². The highest BCUT2D eigenvalue weighted by molar-refractivity contribution is 5.85. The Morgan fingerprint density at radius 1 is 1.39 bits per heavy atom. The first-order valence-corrected chi connectivity index (χ1v) is 5.82. The van der Waals surface area contributed by atoms with Crippen LogP contribution in [0.15, 0.2) is 36.9 Å². The Bertz CT molecular complexity index is 376. The van der Waals surface area contributed by atoms with Crippen molar-refractivity contribution in [2.75, 3.05) is 19.3 Å². The van der Waals surface area contributed by atoms with Crippen molar-refractivity contribution in [2.45, 2.75) is 19.3 Å². The summed E-state index contributed by atoms with van der Waals surface area (Å²) >= 11 is 0. The van der Waals surface area contributed by atoms with E-state index in [4.69, 9.17) is 5.73 Å². The van der Waals surface area contributed by atoms with E-state index in [0.29, 0.717) is 6.42 Å². The number of unbranched alkanes of at least 4 members (excludes halogenated alkanes) is 1. The molecule has 0 heterocycles. The van der Waals surface area contributed by atoms with Crippen molar-refractivity contribution < 1.29 is 4.79 Å². The van der Waals surface area contributed by atoms with Gasteiger partial charge in [0.25, 0.3) is 0 Å². The molecule has 0 aliphatic rings. The maximum Gasteiger partial charge on any atom is 0.226 e. The fourth-order valence-corrected chi connectivity index (χ4v) is 1.54. The van der Waals surface area contributed by atoms with Gasteiger partial charge < -0.3 is 10.6 Å². The summed E-state index contributed by atoms with van der Waals surface area (Å²) in [5, 5.41) is 0. The molecule has 3 nitrogen and oxygen atoms in total.